The lowest BCUT2D eigenvalue weighted by molar-refractivity contribution is -0.149. The Morgan fingerprint density at radius 3 is 2.45 bits per heavy atom. The maximum absolute atomic E-state index is 12.5. The molecule has 9 heteroatoms. The van der Waals surface area contributed by atoms with Crippen molar-refractivity contribution in [2.24, 2.45) is 0 Å². The zero-order chi connectivity index (χ0) is 20.8. The van der Waals surface area contributed by atoms with Gasteiger partial charge in [0.1, 0.15) is 0 Å². The van der Waals surface area contributed by atoms with Crippen molar-refractivity contribution in [2.45, 2.75) is 26.4 Å². The lowest BCUT2D eigenvalue weighted by atomic mass is 10.2. The van der Waals surface area contributed by atoms with Gasteiger partial charge in [-0.15, -0.1) is 10.2 Å². The highest BCUT2D eigenvalue weighted by Gasteiger charge is 2.20. The Balaban J connectivity index is 1.57. The highest BCUT2D eigenvalue weighted by atomic mass is 35.5. The summed E-state index contributed by atoms with van der Waals surface area (Å²) in [4.78, 5) is 27.3. The van der Waals surface area contributed by atoms with Crippen LogP contribution in [0.4, 0.5) is 5.69 Å². The number of nitrogens with zero attached hydrogens (tertiary/aromatic N) is 5. The number of amides is 1. The van der Waals surface area contributed by atoms with E-state index in [1.807, 2.05) is 44.2 Å². The van der Waals surface area contributed by atoms with Crippen LogP contribution in [0.1, 0.15) is 13.8 Å². The van der Waals surface area contributed by atoms with Crippen molar-refractivity contribution in [1.82, 2.24) is 20.2 Å². The number of anilines is 1. The van der Waals surface area contributed by atoms with Crippen LogP contribution >= 0.6 is 11.6 Å². The summed E-state index contributed by atoms with van der Waals surface area (Å²) in [5.41, 5.74) is 1.47. The summed E-state index contributed by atoms with van der Waals surface area (Å²) >= 11 is 5.86. The van der Waals surface area contributed by atoms with E-state index in [4.69, 9.17) is 16.3 Å². The maximum Gasteiger partial charge on any atom is 0.330 e. The monoisotopic (exact) mass is 413 g/mol. The van der Waals surface area contributed by atoms with Gasteiger partial charge in [0.05, 0.1) is 0 Å². The van der Waals surface area contributed by atoms with E-state index in [0.717, 1.165) is 16.0 Å². The van der Waals surface area contributed by atoms with Crippen LogP contribution in [0.5, 0.6) is 0 Å². The minimum Gasteiger partial charge on any atom is -0.454 e. The zero-order valence-corrected chi connectivity index (χ0v) is 16.8. The molecular formula is C20H20ClN5O3. The van der Waals surface area contributed by atoms with Gasteiger partial charge in [-0.3, -0.25) is 4.79 Å². The Labute approximate surface area is 173 Å². The van der Waals surface area contributed by atoms with E-state index in [-0.39, 0.29) is 25.1 Å². The van der Waals surface area contributed by atoms with E-state index in [0.29, 0.717) is 10.8 Å². The minimum atomic E-state index is -0.629. The Morgan fingerprint density at radius 1 is 1.10 bits per heavy atom. The van der Waals surface area contributed by atoms with Crippen LogP contribution in [-0.2, 0) is 20.9 Å². The summed E-state index contributed by atoms with van der Waals surface area (Å²) < 4.78 is 5.11. The van der Waals surface area contributed by atoms with E-state index >= 15 is 0 Å². The van der Waals surface area contributed by atoms with Crippen LogP contribution in [0.3, 0.4) is 0 Å². The second-order valence-corrected chi connectivity index (χ2v) is 6.94. The third kappa shape index (κ3) is 5.39. The number of esters is 1. The van der Waals surface area contributed by atoms with E-state index in [1.165, 1.54) is 0 Å². The summed E-state index contributed by atoms with van der Waals surface area (Å²) in [6.07, 6.45) is 0. The third-order valence-corrected chi connectivity index (χ3v) is 4.25. The number of aromatic nitrogens is 4. The number of carbonyl (C=O) groups is 2. The van der Waals surface area contributed by atoms with Crippen molar-refractivity contribution in [3.8, 4) is 11.4 Å². The number of hydrogen-bond acceptors (Lipinski definition) is 6. The molecule has 150 valence electrons. The predicted molar refractivity (Wildman–Crippen MR) is 108 cm³/mol. The molecule has 0 aliphatic rings. The van der Waals surface area contributed by atoms with E-state index in [2.05, 4.69) is 15.4 Å². The molecule has 0 spiro atoms. The lowest BCUT2D eigenvalue weighted by Gasteiger charge is -2.26. The van der Waals surface area contributed by atoms with Crippen LogP contribution in [0.15, 0.2) is 54.6 Å². The fraction of sp³-hybridized carbons (Fsp3) is 0.250. The number of ether oxygens (including phenoxy) is 1. The number of carbonyl (C=O) groups excluding carboxylic acids is 2. The molecule has 0 unspecified atom stereocenters. The molecule has 1 amide bonds. The largest absolute Gasteiger partial charge is 0.454 e. The molecule has 0 saturated carbocycles. The summed E-state index contributed by atoms with van der Waals surface area (Å²) in [5, 5.41) is 12.5. The first-order valence-electron chi connectivity index (χ1n) is 9.00. The topological polar surface area (TPSA) is 90.2 Å². The molecule has 0 N–H and O–H groups in total. The molecule has 1 aromatic heterocycles. The Morgan fingerprint density at radius 2 is 1.79 bits per heavy atom. The van der Waals surface area contributed by atoms with E-state index in [9.17, 15) is 9.59 Å². The normalized spacial score (nSPS) is 10.8. The lowest BCUT2D eigenvalue weighted by Crippen LogP contribution is -2.40. The van der Waals surface area contributed by atoms with Gasteiger partial charge in [-0.2, -0.15) is 4.80 Å². The van der Waals surface area contributed by atoms with Crippen molar-refractivity contribution < 1.29 is 14.3 Å². The average molecular weight is 414 g/mol. The predicted octanol–water partition coefficient (Wildman–Crippen LogP) is 2.98. The van der Waals surface area contributed by atoms with Crippen molar-refractivity contribution in [3.05, 3.63) is 59.6 Å². The molecule has 3 rings (SSSR count). The van der Waals surface area contributed by atoms with Gasteiger partial charge in [-0.25, -0.2) is 4.79 Å². The van der Waals surface area contributed by atoms with E-state index < -0.39 is 5.97 Å². The molecular weight excluding hydrogens is 394 g/mol. The Hall–Kier alpha value is -3.26. The van der Waals surface area contributed by atoms with Crippen LogP contribution in [-0.4, -0.2) is 44.7 Å². The van der Waals surface area contributed by atoms with Gasteiger partial charge in [0, 0.05) is 22.3 Å². The molecule has 0 bridgehead atoms. The molecule has 0 radical (unpaired) electrons. The second-order valence-electron chi connectivity index (χ2n) is 6.50. The number of tetrazole rings is 1. The molecule has 8 nitrogen and oxygen atoms in total. The van der Waals surface area contributed by atoms with Gasteiger partial charge in [0.15, 0.2) is 13.2 Å². The highest BCUT2D eigenvalue weighted by molar-refractivity contribution is 6.30. The molecule has 2 aromatic carbocycles. The second kappa shape index (κ2) is 9.29. The van der Waals surface area contributed by atoms with Crippen molar-refractivity contribution in [3.63, 3.8) is 0 Å². The highest BCUT2D eigenvalue weighted by Crippen LogP contribution is 2.18. The number of hydrogen-bond donors (Lipinski definition) is 0. The molecule has 0 aliphatic heterocycles. The molecule has 0 saturated heterocycles. The fourth-order valence-electron chi connectivity index (χ4n) is 2.72. The summed E-state index contributed by atoms with van der Waals surface area (Å²) in [5.74, 6) is -0.580. The number of para-hydroxylation sites is 1. The first-order chi connectivity index (χ1) is 13.9. The van der Waals surface area contributed by atoms with Gasteiger partial charge >= 0.3 is 5.97 Å². The summed E-state index contributed by atoms with van der Waals surface area (Å²) in [6, 6.07) is 16.1. The number of rotatable bonds is 7. The fourth-order valence-corrected chi connectivity index (χ4v) is 2.84. The average Bonchev–Trinajstić information content (AvgIpc) is 3.16. The van der Waals surface area contributed by atoms with Crippen LogP contribution in [0.25, 0.3) is 11.4 Å². The quantitative estimate of drug-likeness (QED) is 0.553. The molecule has 1 heterocycles. The first kappa shape index (κ1) is 20.5. The Bertz CT molecular complexity index is 973. The van der Waals surface area contributed by atoms with Gasteiger partial charge < -0.3 is 9.64 Å². The molecule has 3 aromatic rings. The van der Waals surface area contributed by atoms with E-state index in [1.54, 1.807) is 29.2 Å². The van der Waals surface area contributed by atoms with Gasteiger partial charge in [0.25, 0.3) is 5.91 Å². The smallest absolute Gasteiger partial charge is 0.330 e. The third-order valence-electron chi connectivity index (χ3n) is 4.00. The molecule has 0 atom stereocenters. The van der Waals surface area contributed by atoms with Crippen LogP contribution < -0.4 is 4.90 Å². The van der Waals surface area contributed by atoms with Gasteiger partial charge in [-0.05, 0) is 55.5 Å². The number of benzene rings is 2. The van der Waals surface area contributed by atoms with Crippen molar-refractivity contribution in [2.75, 3.05) is 11.5 Å². The molecule has 29 heavy (non-hydrogen) atoms. The summed E-state index contributed by atoms with van der Waals surface area (Å²) in [7, 11) is 0. The van der Waals surface area contributed by atoms with Crippen molar-refractivity contribution >= 4 is 29.2 Å². The van der Waals surface area contributed by atoms with Crippen LogP contribution in [0.2, 0.25) is 5.02 Å². The van der Waals surface area contributed by atoms with Gasteiger partial charge in [-0.1, -0.05) is 29.8 Å². The number of halogens is 1. The minimum absolute atomic E-state index is 0.0810. The molecule has 0 aliphatic carbocycles. The van der Waals surface area contributed by atoms with Crippen LogP contribution in [0, 0.1) is 0 Å². The zero-order valence-electron chi connectivity index (χ0n) is 16.0. The standard InChI is InChI=1S/C20H20ClN5O3/c1-14(2)26(17-6-4-3-5-7-17)18(27)13-29-19(28)12-25-23-20(22-24-25)15-8-10-16(21)11-9-15/h3-11,14H,12-13H2,1-2H3. The summed E-state index contributed by atoms with van der Waals surface area (Å²) in [6.45, 7) is 3.17. The Kier molecular flexibility index (Phi) is 6.56. The van der Waals surface area contributed by atoms with Crippen molar-refractivity contribution in [1.29, 1.82) is 0 Å². The van der Waals surface area contributed by atoms with Gasteiger partial charge in [0.2, 0.25) is 5.82 Å². The first-order valence-corrected chi connectivity index (χ1v) is 9.38. The maximum atomic E-state index is 12.5. The SMILES string of the molecule is CC(C)N(C(=O)COC(=O)Cn1nnc(-c2ccc(Cl)cc2)n1)c1ccccc1. The molecule has 0 fully saturated rings.